The van der Waals surface area contributed by atoms with Gasteiger partial charge < -0.3 is 15.2 Å². The van der Waals surface area contributed by atoms with Gasteiger partial charge in [0.25, 0.3) is 0 Å². The van der Waals surface area contributed by atoms with E-state index in [1.165, 1.54) is 0 Å². The first-order valence-corrected chi connectivity index (χ1v) is 4.68. The van der Waals surface area contributed by atoms with E-state index in [0.717, 1.165) is 0 Å². The monoisotopic (exact) mass is 217 g/mol. The molecule has 0 fully saturated rings. The summed E-state index contributed by atoms with van der Waals surface area (Å²) < 4.78 is 10.4. The highest BCUT2D eigenvalue weighted by Crippen LogP contribution is 2.28. The number of nitrogen functional groups attached to an aromatic ring is 1. The third-order valence-electron chi connectivity index (χ3n) is 1.96. The van der Waals surface area contributed by atoms with Crippen LogP contribution in [0.4, 0.5) is 5.69 Å². The predicted octanol–water partition coefficient (Wildman–Crippen LogP) is 1.86. The van der Waals surface area contributed by atoms with Crippen LogP contribution in [0.3, 0.4) is 0 Å². The molecule has 2 rings (SSSR count). The van der Waals surface area contributed by atoms with Crippen molar-refractivity contribution in [2.45, 2.75) is 0 Å². The summed E-state index contributed by atoms with van der Waals surface area (Å²) >= 11 is 0. The zero-order chi connectivity index (χ0) is 11.4. The van der Waals surface area contributed by atoms with Crippen LogP contribution >= 0.6 is 0 Å². The summed E-state index contributed by atoms with van der Waals surface area (Å²) in [5.74, 6) is 1.19. The molecule has 5 nitrogen and oxygen atoms in total. The van der Waals surface area contributed by atoms with Crippen molar-refractivity contribution in [1.29, 1.82) is 0 Å². The van der Waals surface area contributed by atoms with Crippen LogP contribution in [0.2, 0.25) is 0 Å². The van der Waals surface area contributed by atoms with E-state index in [0.29, 0.717) is 17.2 Å². The van der Waals surface area contributed by atoms with Gasteiger partial charge in [-0.3, -0.25) is 0 Å². The van der Waals surface area contributed by atoms with Crippen molar-refractivity contribution in [3.63, 3.8) is 0 Å². The lowest BCUT2D eigenvalue weighted by Gasteiger charge is -2.07. The number of nitrogens with zero attached hydrogens (tertiary/aromatic N) is 2. The minimum atomic E-state index is 0.263. The molecular formula is C11H11N3O2. The van der Waals surface area contributed by atoms with Crippen LogP contribution in [0.15, 0.2) is 36.7 Å². The van der Waals surface area contributed by atoms with Gasteiger partial charge in [0.2, 0.25) is 0 Å². The molecule has 82 valence electrons. The highest BCUT2D eigenvalue weighted by atomic mass is 16.5. The maximum Gasteiger partial charge on any atom is 0.321 e. The van der Waals surface area contributed by atoms with Gasteiger partial charge in [-0.25, -0.2) is 9.97 Å². The minimum Gasteiger partial charge on any atom is -0.497 e. The van der Waals surface area contributed by atoms with Gasteiger partial charge in [-0.1, -0.05) is 0 Å². The summed E-state index contributed by atoms with van der Waals surface area (Å²) in [6.45, 7) is 0. The predicted molar refractivity (Wildman–Crippen MR) is 59.5 cm³/mol. The second-order valence-electron chi connectivity index (χ2n) is 3.04. The Balaban J connectivity index is 2.22. The Labute approximate surface area is 92.9 Å². The van der Waals surface area contributed by atoms with E-state index in [2.05, 4.69) is 9.97 Å². The van der Waals surface area contributed by atoms with Crippen molar-refractivity contribution in [2.75, 3.05) is 12.8 Å². The smallest absolute Gasteiger partial charge is 0.321 e. The molecule has 0 radical (unpaired) electrons. The van der Waals surface area contributed by atoms with E-state index in [1.54, 1.807) is 43.8 Å². The quantitative estimate of drug-likeness (QED) is 0.794. The van der Waals surface area contributed by atoms with Crippen LogP contribution in [0, 0.1) is 0 Å². The second kappa shape index (κ2) is 4.48. The first-order valence-electron chi connectivity index (χ1n) is 4.68. The Morgan fingerprint density at radius 2 is 1.94 bits per heavy atom. The number of methoxy groups -OCH3 is 1. The van der Waals surface area contributed by atoms with E-state index >= 15 is 0 Å². The largest absolute Gasteiger partial charge is 0.497 e. The number of hydrogen-bond acceptors (Lipinski definition) is 5. The number of ether oxygens (including phenoxy) is 2. The molecule has 1 aromatic carbocycles. The van der Waals surface area contributed by atoms with Crippen LogP contribution in [-0.2, 0) is 0 Å². The molecule has 1 aromatic heterocycles. The SMILES string of the molecule is COc1ccc(Oc2ncccn2)c(N)c1. The van der Waals surface area contributed by atoms with Crippen molar-refractivity contribution in [3.8, 4) is 17.5 Å². The van der Waals surface area contributed by atoms with Crippen molar-refractivity contribution >= 4 is 5.69 Å². The van der Waals surface area contributed by atoms with Gasteiger partial charge in [-0.15, -0.1) is 0 Å². The van der Waals surface area contributed by atoms with Gasteiger partial charge >= 0.3 is 6.01 Å². The molecule has 2 N–H and O–H groups in total. The average Bonchev–Trinajstić information content (AvgIpc) is 2.33. The Hall–Kier alpha value is -2.30. The average molecular weight is 217 g/mol. The number of nitrogens with two attached hydrogens (primary N) is 1. The molecule has 0 atom stereocenters. The molecule has 2 aromatic rings. The molecule has 0 aliphatic rings. The molecule has 5 heteroatoms. The molecule has 0 aliphatic carbocycles. The van der Waals surface area contributed by atoms with Crippen molar-refractivity contribution < 1.29 is 9.47 Å². The molecule has 1 heterocycles. The van der Waals surface area contributed by atoms with Crippen molar-refractivity contribution in [1.82, 2.24) is 9.97 Å². The van der Waals surface area contributed by atoms with E-state index in [4.69, 9.17) is 15.2 Å². The fourth-order valence-corrected chi connectivity index (χ4v) is 1.18. The summed E-state index contributed by atoms with van der Waals surface area (Å²) in [6, 6.07) is 7.13. The van der Waals surface area contributed by atoms with Gasteiger partial charge in [0, 0.05) is 18.5 Å². The van der Waals surface area contributed by atoms with Gasteiger partial charge in [-0.2, -0.15) is 0 Å². The fraction of sp³-hybridized carbons (Fsp3) is 0.0909. The first kappa shape index (κ1) is 10.2. The van der Waals surface area contributed by atoms with Crippen LogP contribution < -0.4 is 15.2 Å². The topological polar surface area (TPSA) is 70.3 Å². The molecule has 0 amide bonds. The maximum atomic E-state index is 5.78. The molecule has 0 spiro atoms. The standard InChI is InChI=1S/C11H11N3O2/c1-15-8-3-4-10(9(12)7-8)16-11-13-5-2-6-14-11/h2-7H,12H2,1H3. The maximum absolute atomic E-state index is 5.78. The van der Waals surface area contributed by atoms with Gasteiger partial charge in [0.05, 0.1) is 12.8 Å². The number of hydrogen-bond donors (Lipinski definition) is 1. The minimum absolute atomic E-state index is 0.263. The molecular weight excluding hydrogens is 206 g/mol. The Bertz CT molecular complexity index is 474. The Kier molecular flexibility index (Phi) is 2.86. The highest BCUT2D eigenvalue weighted by Gasteiger charge is 2.04. The van der Waals surface area contributed by atoms with Gasteiger partial charge in [0.1, 0.15) is 5.75 Å². The molecule has 16 heavy (non-hydrogen) atoms. The summed E-state index contributed by atoms with van der Waals surface area (Å²) in [5, 5.41) is 0. The normalized spacial score (nSPS) is 9.81. The van der Waals surface area contributed by atoms with Gasteiger partial charge in [0.15, 0.2) is 5.75 Å². The van der Waals surface area contributed by atoms with E-state index in [1.807, 2.05) is 0 Å². The summed E-state index contributed by atoms with van der Waals surface area (Å²) in [4.78, 5) is 7.88. The highest BCUT2D eigenvalue weighted by molar-refractivity contribution is 5.56. The third kappa shape index (κ3) is 2.20. The van der Waals surface area contributed by atoms with Gasteiger partial charge in [-0.05, 0) is 18.2 Å². The van der Waals surface area contributed by atoms with E-state index < -0.39 is 0 Å². The van der Waals surface area contributed by atoms with E-state index in [9.17, 15) is 0 Å². The number of aromatic nitrogens is 2. The summed E-state index contributed by atoms with van der Waals surface area (Å²) in [5.41, 5.74) is 6.26. The second-order valence-corrected chi connectivity index (χ2v) is 3.04. The zero-order valence-corrected chi connectivity index (χ0v) is 8.75. The molecule has 0 bridgehead atoms. The summed E-state index contributed by atoms with van der Waals surface area (Å²) in [6.07, 6.45) is 3.20. The fourth-order valence-electron chi connectivity index (χ4n) is 1.18. The lowest BCUT2D eigenvalue weighted by molar-refractivity contribution is 0.411. The molecule has 0 unspecified atom stereocenters. The molecule has 0 aliphatic heterocycles. The van der Waals surface area contributed by atoms with E-state index in [-0.39, 0.29) is 6.01 Å². The Morgan fingerprint density at radius 1 is 1.19 bits per heavy atom. The van der Waals surface area contributed by atoms with Crippen molar-refractivity contribution in [3.05, 3.63) is 36.7 Å². The lowest BCUT2D eigenvalue weighted by atomic mass is 10.3. The van der Waals surface area contributed by atoms with Crippen LogP contribution in [-0.4, -0.2) is 17.1 Å². The first-order chi connectivity index (χ1) is 7.79. The van der Waals surface area contributed by atoms with Crippen LogP contribution in [0.25, 0.3) is 0 Å². The van der Waals surface area contributed by atoms with Crippen molar-refractivity contribution in [2.24, 2.45) is 0 Å². The molecule has 0 saturated carbocycles. The Morgan fingerprint density at radius 3 is 2.56 bits per heavy atom. The number of anilines is 1. The number of benzene rings is 1. The number of rotatable bonds is 3. The lowest BCUT2D eigenvalue weighted by Crippen LogP contribution is -1.95. The molecule has 0 saturated heterocycles. The zero-order valence-electron chi connectivity index (χ0n) is 8.75. The van der Waals surface area contributed by atoms with Crippen LogP contribution in [0.5, 0.6) is 17.5 Å². The summed E-state index contributed by atoms with van der Waals surface area (Å²) in [7, 11) is 1.58. The van der Waals surface area contributed by atoms with Crippen LogP contribution in [0.1, 0.15) is 0 Å². The third-order valence-corrected chi connectivity index (χ3v) is 1.96.